The average Bonchev–Trinajstić information content (AvgIpc) is 3.11. The highest BCUT2D eigenvalue weighted by Crippen LogP contribution is 2.31. The van der Waals surface area contributed by atoms with E-state index in [0.717, 1.165) is 29.5 Å². The minimum atomic E-state index is 0.683. The van der Waals surface area contributed by atoms with Crippen molar-refractivity contribution in [1.82, 2.24) is 9.97 Å². The molecule has 0 atom stereocenters. The highest BCUT2D eigenvalue weighted by Gasteiger charge is 2.06. The fourth-order valence-electron chi connectivity index (χ4n) is 1.60. The second-order valence-corrected chi connectivity index (χ2v) is 4.38. The number of nitrogens with zero attached hydrogens (tertiary/aromatic N) is 1. The van der Waals surface area contributed by atoms with Crippen molar-refractivity contribution >= 4 is 22.2 Å². The van der Waals surface area contributed by atoms with Crippen LogP contribution in [0.15, 0.2) is 35.8 Å². The minimum absolute atomic E-state index is 0.683. The van der Waals surface area contributed by atoms with Crippen LogP contribution in [0.4, 0.5) is 0 Å². The van der Waals surface area contributed by atoms with E-state index >= 15 is 0 Å². The van der Waals surface area contributed by atoms with Gasteiger partial charge in [0.05, 0.1) is 5.69 Å². The number of aromatic amines is 1. The average molecular weight is 292 g/mol. The number of aliphatic hydroxyl groups excluding tert-OH is 1. The molecule has 3 rings (SSSR count). The summed E-state index contributed by atoms with van der Waals surface area (Å²) < 4.78 is 5.73. The van der Waals surface area contributed by atoms with Gasteiger partial charge in [0.1, 0.15) is 0 Å². The third kappa shape index (κ3) is 3.82. The molecule has 20 heavy (non-hydrogen) atoms. The van der Waals surface area contributed by atoms with Crippen LogP contribution in [-0.2, 0) is 0 Å². The number of rotatable bonds is 2. The second kappa shape index (κ2) is 8.35. The van der Waals surface area contributed by atoms with Crippen LogP contribution in [0, 0.1) is 6.92 Å². The van der Waals surface area contributed by atoms with Crippen LogP contribution < -0.4 is 4.74 Å². The summed E-state index contributed by atoms with van der Waals surface area (Å²) in [5.74, 6) is 0.824. The third-order valence-electron chi connectivity index (χ3n) is 2.35. The van der Waals surface area contributed by atoms with Crippen molar-refractivity contribution < 1.29 is 9.84 Å². The Morgan fingerprint density at radius 2 is 1.90 bits per heavy atom. The third-order valence-corrected chi connectivity index (χ3v) is 3.18. The lowest BCUT2D eigenvalue weighted by Gasteiger charge is -1.98. The highest BCUT2D eigenvalue weighted by atomic mass is 32.1. The lowest BCUT2D eigenvalue weighted by Crippen LogP contribution is -1.81. The van der Waals surface area contributed by atoms with Gasteiger partial charge in [0, 0.05) is 29.6 Å². The number of hydrogen-bond donors (Lipinski definition) is 2. The normalized spacial score (nSPS) is 9.25. The monoisotopic (exact) mass is 292 g/mol. The molecule has 1 aromatic carbocycles. The van der Waals surface area contributed by atoms with Crippen LogP contribution in [0.5, 0.6) is 10.9 Å². The molecular formula is C15H20N2O2S. The Balaban J connectivity index is 0.000000461. The largest absolute Gasteiger partial charge is 0.429 e. The van der Waals surface area contributed by atoms with E-state index in [9.17, 15) is 0 Å². The fraction of sp³-hybridized carbons (Fsp3) is 0.267. The Morgan fingerprint density at radius 3 is 2.55 bits per heavy atom. The summed E-state index contributed by atoms with van der Waals surface area (Å²) in [6, 6.07) is 8.04. The summed E-state index contributed by atoms with van der Waals surface area (Å²) in [6.07, 6.45) is 1.86. The van der Waals surface area contributed by atoms with E-state index in [-0.39, 0.29) is 0 Å². The molecule has 0 aliphatic rings. The maximum absolute atomic E-state index is 7.00. The van der Waals surface area contributed by atoms with E-state index in [4.69, 9.17) is 9.84 Å². The van der Waals surface area contributed by atoms with Gasteiger partial charge in [-0.05, 0) is 19.1 Å². The molecule has 0 unspecified atom stereocenters. The first kappa shape index (κ1) is 16.2. The zero-order valence-electron chi connectivity index (χ0n) is 12.2. The Morgan fingerprint density at radius 1 is 1.20 bits per heavy atom. The molecule has 0 radical (unpaired) electrons. The number of ether oxygens (including phenoxy) is 1. The van der Waals surface area contributed by atoms with Crippen LogP contribution >= 0.6 is 11.3 Å². The van der Waals surface area contributed by atoms with Gasteiger partial charge in [-0.15, -0.1) is 0 Å². The molecular weight excluding hydrogens is 272 g/mol. The molecule has 2 heterocycles. The molecule has 0 bridgehead atoms. The summed E-state index contributed by atoms with van der Waals surface area (Å²) >= 11 is 1.51. The molecule has 0 spiro atoms. The van der Waals surface area contributed by atoms with Crippen molar-refractivity contribution in [3.05, 3.63) is 41.5 Å². The van der Waals surface area contributed by atoms with Crippen molar-refractivity contribution in [3.63, 3.8) is 0 Å². The summed E-state index contributed by atoms with van der Waals surface area (Å²) in [5, 5.41) is 10.7. The van der Waals surface area contributed by atoms with Crippen molar-refractivity contribution in [2.24, 2.45) is 0 Å². The zero-order valence-corrected chi connectivity index (χ0v) is 13.0. The molecule has 0 fully saturated rings. The number of fused-ring (bicyclic) bond motifs is 1. The van der Waals surface area contributed by atoms with E-state index in [0.29, 0.717) is 5.19 Å². The number of thiazole rings is 1. The van der Waals surface area contributed by atoms with Crippen molar-refractivity contribution in [1.29, 1.82) is 0 Å². The molecule has 0 aliphatic carbocycles. The highest BCUT2D eigenvalue weighted by molar-refractivity contribution is 7.11. The molecule has 2 aromatic heterocycles. The number of aliphatic hydroxyl groups is 1. The molecule has 2 N–H and O–H groups in total. The molecule has 0 saturated carbocycles. The van der Waals surface area contributed by atoms with Gasteiger partial charge in [-0.25, -0.2) is 4.98 Å². The van der Waals surface area contributed by atoms with Gasteiger partial charge in [0.15, 0.2) is 5.75 Å². The first-order chi connectivity index (χ1) is 9.83. The second-order valence-electron chi connectivity index (χ2n) is 3.56. The van der Waals surface area contributed by atoms with Gasteiger partial charge in [-0.3, -0.25) is 0 Å². The molecule has 4 nitrogen and oxygen atoms in total. The molecule has 0 saturated heterocycles. The van der Waals surface area contributed by atoms with Crippen LogP contribution in [0.2, 0.25) is 0 Å². The van der Waals surface area contributed by atoms with E-state index < -0.39 is 0 Å². The number of nitrogens with one attached hydrogen (secondary N) is 1. The Labute approximate surface area is 123 Å². The summed E-state index contributed by atoms with van der Waals surface area (Å²) in [5.41, 5.74) is 2.06. The predicted octanol–water partition coefficient (Wildman–Crippen LogP) is 4.36. The first-order valence-electron chi connectivity index (χ1n) is 6.44. The number of H-pyrrole nitrogens is 1. The standard InChI is InChI=1S/C12H10N2OS.C2H6.CH4O/c1-8-7-16-12(14-8)15-11-6-13-10-5-3-2-4-9(10)11;2*1-2/h2-7,13H,1H3;1-2H3;2H,1H3. The van der Waals surface area contributed by atoms with Gasteiger partial charge < -0.3 is 14.8 Å². The van der Waals surface area contributed by atoms with Gasteiger partial charge in [-0.1, -0.05) is 37.3 Å². The molecule has 5 heteroatoms. The zero-order chi connectivity index (χ0) is 15.0. The van der Waals surface area contributed by atoms with Crippen LogP contribution in [0.3, 0.4) is 0 Å². The maximum atomic E-state index is 7.00. The number of benzene rings is 1. The summed E-state index contributed by atoms with van der Waals surface area (Å²) in [4.78, 5) is 7.44. The Kier molecular flexibility index (Phi) is 6.76. The van der Waals surface area contributed by atoms with E-state index in [1.54, 1.807) is 0 Å². The summed E-state index contributed by atoms with van der Waals surface area (Å²) in [6.45, 7) is 5.96. The lowest BCUT2D eigenvalue weighted by molar-refractivity contribution is 0.399. The minimum Gasteiger partial charge on any atom is -0.429 e. The fourth-order valence-corrected chi connectivity index (χ4v) is 2.26. The van der Waals surface area contributed by atoms with E-state index in [1.165, 1.54) is 11.3 Å². The van der Waals surface area contributed by atoms with Gasteiger partial charge in [0.25, 0.3) is 5.19 Å². The number of para-hydroxylation sites is 1. The lowest BCUT2D eigenvalue weighted by atomic mass is 10.2. The molecule has 0 aliphatic heterocycles. The number of hydrogen-bond acceptors (Lipinski definition) is 4. The number of aromatic nitrogens is 2. The van der Waals surface area contributed by atoms with Crippen molar-refractivity contribution in [3.8, 4) is 10.9 Å². The Bertz CT molecular complexity index is 631. The SMILES string of the molecule is CC.CO.Cc1csc(Oc2c[nH]c3ccccc23)n1. The Hall–Kier alpha value is -1.85. The first-order valence-corrected chi connectivity index (χ1v) is 7.32. The molecule has 108 valence electrons. The van der Waals surface area contributed by atoms with Gasteiger partial charge in [0.2, 0.25) is 0 Å². The predicted molar refractivity (Wildman–Crippen MR) is 84.7 cm³/mol. The van der Waals surface area contributed by atoms with Crippen LogP contribution in [0.25, 0.3) is 10.9 Å². The topological polar surface area (TPSA) is 58.1 Å². The summed E-state index contributed by atoms with van der Waals surface area (Å²) in [7, 11) is 1.00. The van der Waals surface area contributed by atoms with E-state index in [2.05, 4.69) is 9.97 Å². The quantitative estimate of drug-likeness (QED) is 0.738. The van der Waals surface area contributed by atoms with E-state index in [1.807, 2.05) is 56.6 Å². The van der Waals surface area contributed by atoms with Crippen LogP contribution in [0.1, 0.15) is 19.5 Å². The van der Waals surface area contributed by atoms with Crippen LogP contribution in [-0.4, -0.2) is 22.2 Å². The maximum Gasteiger partial charge on any atom is 0.278 e. The molecule has 0 amide bonds. The van der Waals surface area contributed by atoms with Crippen molar-refractivity contribution in [2.45, 2.75) is 20.8 Å². The number of aryl methyl sites for hydroxylation is 1. The van der Waals surface area contributed by atoms with Gasteiger partial charge >= 0.3 is 0 Å². The smallest absolute Gasteiger partial charge is 0.278 e. The molecule has 3 aromatic rings. The van der Waals surface area contributed by atoms with Gasteiger partial charge in [-0.2, -0.15) is 0 Å². The van der Waals surface area contributed by atoms with Crippen molar-refractivity contribution in [2.75, 3.05) is 7.11 Å².